The minimum absolute atomic E-state index is 0.312. The van der Waals surface area contributed by atoms with Crippen LogP contribution in [0, 0.1) is 6.92 Å². The Morgan fingerprint density at radius 3 is 2.26 bits per heavy atom. The van der Waals surface area contributed by atoms with Gasteiger partial charge in [-0.2, -0.15) is 0 Å². The van der Waals surface area contributed by atoms with Crippen molar-refractivity contribution in [2.75, 3.05) is 10.6 Å². The van der Waals surface area contributed by atoms with Crippen LogP contribution in [0.3, 0.4) is 0 Å². The highest BCUT2D eigenvalue weighted by molar-refractivity contribution is 6.36. The molecular formula is C19H14N2O2. The maximum atomic E-state index is 12.9. The van der Waals surface area contributed by atoms with E-state index in [0.29, 0.717) is 27.9 Å². The van der Waals surface area contributed by atoms with E-state index in [-0.39, 0.29) is 11.8 Å². The van der Waals surface area contributed by atoms with Gasteiger partial charge in [-0.3, -0.25) is 9.59 Å². The number of nitrogen functional groups attached to an aromatic ring is 1. The number of carbonyl (C=O) groups is 2. The lowest BCUT2D eigenvalue weighted by Crippen LogP contribution is -2.40. The summed E-state index contributed by atoms with van der Waals surface area (Å²) in [6.45, 7) is 1.88. The quantitative estimate of drug-likeness (QED) is 0.552. The molecule has 0 saturated carbocycles. The zero-order chi connectivity index (χ0) is 16.1. The normalized spacial score (nSPS) is 13.7. The molecule has 0 saturated heterocycles. The molecule has 0 fully saturated rings. The van der Waals surface area contributed by atoms with Gasteiger partial charge < -0.3 is 5.73 Å². The Morgan fingerprint density at radius 1 is 0.826 bits per heavy atom. The summed E-state index contributed by atoms with van der Waals surface area (Å²) in [5.41, 5.74) is 9.07. The number of carbonyl (C=O) groups excluding carboxylic acids is 2. The molecule has 2 amide bonds. The first-order chi connectivity index (χ1) is 11.1. The van der Waals surface area contributed by atoms with Gasteiger partial charge in [-0.1, -0.05) is 30.3 Å². The number of amides is 2. The molecule has 2 N–H and O–H groups in total. The van der Waals surface area contributed by atoms with E-state index in [2.05, 4.69) is 0 Å². The van der Waals surface area contributed by atoms with E-state index < -0.39 is 0 Å². The Labute approximate surface area is 133 Å². The highest BCUT2D eigenvalue weighted by atomic mass is 16.2. The minimum atomic E-state index is -0.312. The van der Waals surface area contributed by atoms with E-state index in [1.807, 2.05) is 31.2 Å². The third-order valence-electron chi connectivity index (χ3n) is 4.30. The Kier molecular flexibility index (Phi) is 2.75. The van der Waals surface area contributed by atoms with Crippen molar-refractivity contribution in [2.45, 2.75) is 6.92 Å². The summed E-state index contributed by atoms with van der Waals surface area (Å²) in [4.78, 5) is 27.1. The smallest absolute Gasteiger partial charge is 0.265 e. The van der Waals surface area contributed by atoms with Gasteiger partial charge in [0, 0.05) is 27.6 Å². The maximum Gasteiger partial charge on any atom is 0.265 e. The van der Waals surface area contributed by atoms with Crippen molar-refractivity contribution in [2.24, 2.45) is 0 Å². The number of aryl methyl sites for hydroxylation is 1. The summed E-state index contributed by atoms with van der Waals surface area (Å²) in [7, 11) is 0. The molecule has 0 aliphatic carbocycles. The molecule has 1 heterocycles. The van der Waals surface area contributed by atoms with Crippen LogP contribution < -0.4 is 10.6 Å². The van der Waals surface area contributed by atoms with Crippen LogP contribution in [-0.2, 0) is 0 Å². The van der Waals surface area contributed by atoms with Crippen LogP contribution in [-0.4, -0.2) is 11.8 Å². The number of nitrogens with zero attached hydrogens (tertiary/aromatic N) is 1. The third kappa shape index (κ3) is 1.78. The molecule has 0 atom stereocenters. The fraction of sp³-hybridized carbons (Fsp3) is 0.0526. The standard InChI is InChI=1S/C19H14N2O2/c1-11-5-2-3-8-16(11)21-18(22)13-7-4-6-12-15(20)10-9-14(17(12)13)19(21)23/h2-10H,20H2,1H3. The predicted molar refractivity (Wildman–Crippen MR) is 90.7 cm³/mol. The van der Waals surface area contributed by atoms with Gasteiger partial charge in [0.1, 0.15) is 0 Å². The van der Waals surface area contributed by atoms with E-state index in [4.69, 9.17) is 5.73 Å². The van der Waals surface area contributed by atoms with E-state index in [9.17, 15) is 9.59 Å². The molecule has 4 rings (SSSR count). The van der Waals surface area contributed by atoms with Gasteiger partial charge in [-0.15, -0.1) is 0 Å². The van der Waals surface area contributed by atoms with Crippen LogP contribution in [0.1, 0.15) is 26.3 Å². The number of rotatable bonds is 1. The van der Waals surface area contributed by atoms with Crippen LogP contribution in [0.15, 0.2) is 54.6 Å². The molecule has 4 heteroatoms. The number of para-hydroxylation sites is 1. The van der Waals surface area contributed by atoms with Crippen LogP contribution in [0.2, 0.25) is 0 Å². The first-order valence-electron chi connectivity index (χ1n) is 7.35. The number of hydrogen-bond acceptors (Lipinski definition) is 3. The lowest BCUT2D eigenvalue weighted by Gasteiger charge is -2.28. The molecule has 1 aliphatic rings. The number of benzene rings is 3. The molecule has 0 bridgehead atoms. The van der Waals surface area contributed by atoms with Crippen molar-refractivity contribution in [1.82, 2.24) is 0 Å². The molecular weight excluding hydrogens is 288 g/mol. The van der Waals surface area contributed by atoms with Crippen molar-refractivity contribution >= 4 is 34.0 Å². The highest BCUT2D eigenvalue weighted by Crippen LogP contribution is 2.35. The van der Waals surface area contributed by atoms with Gasteiger partial charge in [0.15, 0.2) is 0 Å². The van der Waals surface area contributed by atoms with Crippen LogP contribution >= 0.6 is 0 Å². The fourth-order valence-corrected chi connectivity index (χ4v) is 3.15. The van der Waals surface area contributed by atoms with E-state index in [1.54, 1.807) is 30.3 Å². The SMILES string of the molecule is Cc1ccccc1N1C(=O)c2cccc3c(N)ccc(c23)C1=O. The third-order valence-corrected chi connectivity index (χ3v) is 4.30. The first-order valence-corrected chi connectivity index (χ1v) is 7.35. The zero-order valence-corrected chi connectivity index (χ0v) is 12.5. The second kappa shape index (κ2) is 4.68. The Morgan fingerprint density at radius 2 is 1.52 bits per heavy atom. The number of hydrogen-bond donors (Lipinski definition) is 1. The van der Waals surface area contributed by atoms with Crippen molar-refractivity contribution < 1.29 is 9.59 Å². The minimum Gasteiger partial charge on any atom is -0.398 e. The van der Waals surface area contributed by atoms with Gasteiger partial charge in [0.2, 0.25) is 0 Å². The van der Waals surface area contributed by atoms with E-state index in [1.165, 1.54) is 4.90 Å². The molecule has 0 unspecified atom stereocenters. The van der Waals surface area contributed by atoms with Crippen molar-refractivity contribution in [1.29, 1.82) is 0 Å². The molecule has 0 aromatic heterocycles. The maximum absolute atomic E-state index is 12.9. The Hall–Kier alpha value is -3.14. The van der Waals surface area contributed by atoms with Gasteiger partial charge in [0.05, 0.1) is 5.69 Å². The van der Waals surface area contributed by atoms with Crippen LogP contribution in [0.5, 0.6) is 0 Å². The summed E-state index contributed by atoms with van der Waals surface area (Å²) >= 11 is 0. The molecule has 4 nitrogen and oxygen atoms in total. The number of nitrogens with two attached hydrogens (primary N) is 1. The average molecular weight is 302 g/mol. The monoisotopic (exact) mass is 302 g/mol. The van der Waals surface area contributed by atoms with E-state index >= 15 is 0 Å². The second-order valence-electron chi connectivity index (χ2n) is 5.66. The van der Waals surface area contributed by atoms with Gasteiger partial charge in [-0.25, -0.2) is 4.90 Å². The van der Waals surface area contributed by atoms with Gasteiger partial charge in [0.25, 0.3) is 11.8 Å². The fourth-order valence-electron chi connectivity index (χ4n) is 3.15. The lowest BCUT2D eigenvalue weighted by atomic mass is 9.92. The summed E-state index contributed by atoms with van der Waals surface area (Å²) in [5.74, 6) is -0.624. The first kappa shape index (κ1) is 13.5. The lowest BCUT2D eigenvalue weighted by molar-refractivity contribution is 0.0893. The van der Waals surface area contributed by atoms with Crippen molar-refractivity contribution in [3.63, 3.8) is 0 Å². The van der Waals surface area contributed by atoms with Crippen LogP contribution in [0.25, 0.3) is 10.8 Å². The Balaban J connectivity index is 2.04. The summed E-state index contributed by atoms with van der Waals surface area (Å²) in [6, 6.07) is 16.2. The summed E-state index contributed by atoms with van der Waals surface area (Å²) < 4.78 is 0. The van der Waals surface area contributed by atoms with E-state index in [0.717, 1.165) is 10.9 Å². The van der Waals surface area contributed by atoms with Gasteiger partial charge >= 0.3 is 0 Å². The molecule has 3 aromatic carbocycles. The molecule has 3 aromatic rings. The highest BCUT2D eigenvalue weighted by Gasteiger charge is 2.34. The topological polar surface area (TPSA) is 63.4 Å². The average Bonchev–Trinajstić information content (AvgIpc) is 2.56. The van der Waals surface area contributed by atoms with Crippen LogP contribution in [0.4, 0.5) is 11.4 Å². The van der Waals surface area contributed by atoms with Crippen molar-refractivity contribution in [3.05, 3.63) is 71.3 Å². The predicted octanol–water partition coefficient (Wildman–Crippen LogP) is 3.53. The summed E-state index contributed by atoms with van der Waals surface area (Å²) in [6.07, 6.45) is 0. The zero-order valence-electron chi connectivity index (χ0n) is 12.5. The molecule has 112 valence electrons. The Bertz CT molecular complexity index is 970. The largest absolute Gasteiger partial charge is 0.398 e. The van der Waals surface area contributed by atoms with Crippen molar-refractivity contribution in [3.8, 4) is 0 Å². The molecule has 0 spiro atoms. The number of imide groups is 1. The molecule has 1 aliphatic heterocycles. The van der Waals surface area contributed by atoms with Gasteiger partial charge in [-0.05, 0) is 36.8 Å². The summed E-state index contributed by atoms with van der Waals surface area (Å²) in [5, 5.41) is 1.39. The molecule has 0 radical (unpaired) electrons. The number of anilines is 2. The second-order valence-corrected chi connectivity index (χ2v) is 5.66. The molecule has 23 heavy (non-hydrogen) atoms.